The number of aryl methyl sites for hydroxylation is 1. The topological polar surface area (TPSA) is 58.4 Å². The first-order valence-electron chi connectivity index (χ1n) is 11.1. The molecule has 5 rings (SSSR count). The average molecular weight is 471 g/mol. The number of Topliss-reactive ketones (excluding diaryl/α,β-unsaturated/α-hetero) is 1. The van der Waals surface area contributed by atoms with Gasteiger partial charge in [-0.2, -0.15) is 9.78 Å². The number of fused-ring (bicyclic) bond motifs is 1. The number of aromatic nitrogens is 2. The van der Waals surface area contributed by atoms with Gasteiger partial charge in [0.05, 0.1) is 11.2 Å². The molecule has 0 unspecified atom stereocenters. The number of hydrogen-bond acceptors (Lipinski definition) is 5. The fourth-order valence-electron chi connectivity index (χ4n) is 5.22. The van der Waals surface area contributed by atoms with E-state index >= 15 is 0 Å². The first-order chi connectivity index (χ1) is 15.3. The molecule has 0 radical (unpaired) electrons. The molecule has 2 saturated heterocycles. The smallest absolute Gasteiger partial charge is 0.323 e. The summed E-state index contributed by atoms with van der Waals surface area (Å²) in [5, 5.41) is 5.65. The van der Waals surface area contributed by atoms with E-state index in [4.69, 9.17) is 11.6 Å². The van der Waals surface area contributed by atoms with Crippen LogP contribution in [0.4, 0.5) is 4.79 Å². The summed E-state index contributed by atoms with van der Waals surface area (Å²) in [6, 6.07) is 8.78. The lowest BCUT2D eigenvalue weighted by atomic mass is 9.85. The van der Waals surface area contributed by atoms with Crippen LogP contribution in [-0.4, -0.2) is 56.6 Å². The Kier molecular flexibility index (Phi) is 5.60. The minimum absolute atomic E-state index is 0.147. The number of thiophene rings is 1. The van der Waals surface area contributed by atoms with E-state index in [0.717, 1.165) is 25.9 Å². The first-order valence-corrected chi connectivity index (χ1v) is 12.3. The van der Waals surface area contributed by atoms with Gasteiger partial charge in [-0.25, -0.2) is 4.79 Å². The van der Waals surface area contributed by atoms with Crippen LogP contribution in [0.1, 0.15) is 53.5 Å². The van der Waals surface area contributed by atoms with Gasteiger partial charge >= 0.3 is 6.03 Å². The Morgan fingerprint density at radius 1 is 1.16 bits per heavy atom. The molecule has 0 atom stereocenters. The molecule has 0 bridgehead atoms. The quantitative estimate of drug-likeness (QED) is 0.483. The lowest BCUT2D eigenvalue weighted by Gasteiger charge is -2.44. The second-order valence-corrected chi connectivity index (χ2v) is 10.7. The zero-order valence-electron chi connectivity index (χ0n) is 18.4. The van der Waals surface area contributed by atoms with Gasteiger partial charge in [0.2, 0.25) is 0 Å². The minimum atomic E-state index is -0.239. The lowest BCUT2D eigenvalue weighted by Crippen LogP contribution is -2.53. The molecule has 2 aromatic heterocycles. The number of ketones is 1. The fourth-order valence-corrected chi connectivity index (χ4v) is 6.66. The summed E-state index contributed by atoms with van der Waals surface area (Å²) >= 11 is 7.97. The number of nitrogens with zero attached hydrogens (tertiary/aromatic N) is 4. The minimum Gasteiger partial charge on any atom is -0.323 e. The molecule has 2 fully saturated rings. The maximum absolute atomic E-state index is 12.9. The van der Waals surface area contributed by atoms with Crippen molar-refractivity contribution in [2.24, 2.45) is 0 Å². The van der Waals surface area contributed by atoms with Gasteiger partial charge in [-0.1, -0.05) is 23.7 Å². The SMILES string of the molecule is CC(=O)c1nn(C(=O)N2CCC3(CCCN3Cc3cc4ccc(C)cc4s3)CC2)cc1Cl. The summed E-state index contributed by atoms with van der Waals surface area (Å²) in [4.78, 5) is 30.4. The third kappa shape index (κ3) is 3.87. The monoisotopic (exact) mass is 470 g/mol. The molecule has 0 saturated carbocycles. The van der Waals surface area contributed by atoms with Gasteiger partial charge in [-0.15, -0.1) is 11.3 Å². The van der Waals surface area contributed by atoms with Crippen molar-refractivity contribution in [3.8, 4) is 0 Å². The summed E-state index contributed by atoms with van der Waals surface area (Å²) in [6.45, 7) is 7.00. The highest BCUT2D eigenvalue weighted by molar-refractivity contribution is 7.19. The molecule has 3 aromatic rings. The standard InChI is InChI=1S/C24H27ClN4O2S/c1-16-4-5-18-13-19(32-21(18)12-16)14-28-9-3-6-24(28)7-10-27(11-8-24)23(31)29-15-20(25)22(26-29)17(2)30/h4-5,12-13,15H,3,6-11,14H2,1-2H3. The van der Waals surface area contributed by atoms with E-state index in [1.54, 1.807) is 0 Å². The van der Waals surface area contributed by atoms with Crippen molar-refractivity contribution in [2.45, 2.75) is 51.6 Å². The first kappa shape index (κ1) is 21.6. The molecular weight excluding hydrogens is 444 g/mol. The molecular formula is C24H27ClN4O2S. The van der Waals surface area contributed by atoms with Crippen molar-refractivity contribution in [3.05, 3.63) is 51.6 Å². The van der Waals surface area contributed by atoms with Crippen molar-refractivity contribution < 1.29 is 9.59 Å². The highest BCUT2D eigenvalue weighted by Crippen LogP contribution is 2.40. The van der Waals surface area contributed by atoms with Crippen LogP contribution in [0.2, 0.25) is 5.02 Å². The van der Waals surface area contributed by atoms with E-state index in [9.17, 15) is 9.59 Å². The van der Waals surface area contributed by atoms with E-state index in [0.29, 0.717) is 13.1 Å². The van der Waals surface area contributed by atoms with Gasteiger partial charge in [-0.3, -0.25) is 9.69 Å². The maximum Gasteiger partial charge on any atom is 0.344 e. The Morgan fingerprint density at radius 2 is 1.94 bits per heavy atom. The number of carbonyl (C=O) groups is 2. The number of carbonyl (C=O) groups excluding carboxylic acids is 2. The van der Waals surface area contributed by atoms with Crippen molar-refractivity contribution in [3.63, 3.8) is 0 Å². The number of halogens is 1. The Hall–Kier alpha value is -2.22. The molecule has 4 heterocycles. The van der Waals surface area contributed by atoms with Crippen LogP contribution in [0.3, 0.4) is 0 Å². The van der Waals surface area contributed by atoms with Gasteiger partial charge in [-0.05, 0) is 62.2 Å². The van der Waals surface area contributed by atoms with Gasteiger partial charge in [0, 0.05) is 41.7 Å². The molecule has 0 N–H and O–H groups in total. The number of piperidine rings is 1. The predicted molar refractivity (Wildman–Crippen MR) is 128 cm³/mol. The van der Waals surface area contributed by atoms with Crippen molar-refractivity contribution in [1.82, 2.24) is 19.6 Å². The molecule has 1 aromatic carbocycles. The number of rotatable bonds is 3. The molecule has 0 aliphatic carbocycles. The Morgan fingerprint density at radius 3 is 2.66 bits per heavy atom. The van der Waals surface area contributed by atoms with E-state index in [2.05, 4.69) is 41.2 Å². The number of hydrogen-bond donors (Lipinski definition) is 0. The number of amides is 1. The Bertz CT molecular complexity index is 1190. The van der Waals surface area contributed by atoms with E-state index in [1.165, 1.54) is 51.2 Å². The van der Waals surface area contributed by atoms with E-state index in [-0.39, 0.29) is 28.1 Å². The molecule has 8 heteroatoms. The number of benzene rings is 1. The second-order valence-electron chi connectivity index (χ2n) is 9.10. The van der Waals surface area contributed by atoms with Gasteiger partial charge in [0.1, 0.15) is 5.69 Å². The largest absolute Gasteiger partial charge is 0.344 e. The van der Waals surface area contributed by atoms with E-state index in [1.807, 2.05) is 16.2 Å². The Balaban J connectivity index is 1.27. The van der Waals surface area contributed by atoms with Crippen LogP contribution in [0.15, 0.2) is 30.5 Å². The summed E-state index contributed by atoms with van der Waals surface area (Å²) in [6.07, 6.45) is 5.74. The van der Waals surface area contributed by atoms with Crippen molar-refractivity contribution in [2.75, 3.05) is 19.6 Å². The molecule has 6 nitrogen and oxygen atoms in total. The molecule has 2 aliphatic heterocycles. The summed E-state index contributed by atoms with van der Waals surface area (Å²) in [7, 11) is 0. The van der Waals surface area contributed by atoms with Crippen LogP contribution < -0.4 is 0 Å². The summed E-state index contributed by atoms with van der Waals surface area (Å²) < 4.78 is 2.57. The van der Waals surface area contributed by atoms with Crippen LogP contribution in [0, 0.1) is 6.92 Å². The number of likely N-dealkylation sites (tertiary alicyclic amines) is 2. The lowest BCUT2D eigenvalue weighted by molar-refractivity contribution is 0.0592. The molecule has 168 valence electrons. The predicted octanol–water partition coefficient (Wildman–Crippen LogP) is 5.36. The average Bonchev–Trinajstić information content (AvgIpc) is 3.45. The van der Waals surface area contributed by atoms with Crippen LogP contribution >= 0.6 is 22.9 Å². The third-order valence-electron chi connectivity index (χ3n) is 6.98. The van der Waals surface area contributed by atoms with Crippen molar-refractivity contribution >= 4 is 44.8 Å². The summed E-state index contributed by atoms with van der Waals surface area (Å²) in [5.41, 5.74) is 1.61. The zero-order chi connectivity index (χ0) is 22.5. The van der Waals surface area contributed by atoms with Crippen LogP contribution in [0.25, 0.3) is 10.1 Å². The highest BCUT2D eigenvalue weighted by Gasteiger charge is 2.44. The molecule has 1 amide bonds. The van der Waals surface area contributed by atoms with Crippen LogP contribution in [-0.2, 0) is 6.54 Å². The van der Waals surface area contributed by atoms with Gasteiger partial charge < -0.3 is 4.90 Å². The molecule has 1 spiro atoms. The van der Waals surface area contributed by atoms with Crippen LogP contribution in [0.5, 0.6) is 0 Å². The van der Waals surface area contributed by atoms with Crippen molar-refractivity contribution in [1.29, 1.82) is 0 Å². The molecule has 32 heavy (non-hydrogen) atoms. The summed E-state index contributed by atoms with van der Waals surface area (Å²) in [5.74, 6) is -0.239. The molecule has 2 aliphatic rings. The maximum atomic E-state index is 12.9. The Labute approximate surface area is 196 Å². The normalized spacial score (nSPS) is 18.7. The second kappa shape index (κ2) is 8.28. The van der Waals surface area contributed by atoms with E-state index < -0.39 is 0 Å². The highest BCUT2D eigenvalue weighted by atomic mass is 35.5. The fraction of sp³-hybridized carbons (Fsp3) is 0.458. The van der Waals surface area contributed by atoms with Gasteiger partial charge in [0.15, 0.2) is 5.78 Å². The third-order valence-corrected chi connectivity index (χ3v) is 8.34. The van der Waals surface area contributed by atoms with Gasteiger partial charge in [0.25, 0.3) is 0 Å². The zero-order valence-corrected chi connectivity index (χ0v) is 20.0.